The fourth-order valence-corrected chi connectivity index (χ4v) is 1.75. The average Bonchev–Trinajstić information content (AvgIpc) is 2.18. The van der Waals surface area contributed by atoms with E-state index in [2.05, 4.69) is 0 Å². The molecule has 0 saturated carbocycles. The van der Waals surface area contributed by atoms with Gasteiger partial charge in [-0.25, -0.2) is 0 Å². The molecule has 0 unspecified atom stereocenters. The van der Waals surface area contributed by atoms with Crippen LogP contribution in [0.4, 0.5) is 5.69 Å². The molecule has 0 heterocycles. The van der Waals surface area contributed by atoms with E-state index in [0.717, 1.165) is 0 Å². The molecule has 0 amide bonds. The van der Waals surface area contributed by atoms with E-state index < -0.39 is 10.1 Å². The van der Waals surface area contributed by atoms with Crippen LogP contribution in [0.25, 0.3) is 0 Å². The Bertz CT molecular complexity index is 436. The molecule has 0 spiro atoms. The molecule has 17 heavy (non-hydrogen) atoms. The molecule has 1 aromatic carbocycles. The Morgan fingerprint density at radius 2 is 1.88 bits per heavy atom. The summed E-state index contributed by atoms with van der Waals surface area (Å²) >= 11 is 0. The average molecular weight is 269 g/mol. The van der Waals surface area contributed by atoms with Gasteiger partial charge in [0.2, 0.25) is 0 Å². The third kappa shape index (κ3) is 7.62. The van der Waals surface area contributed by atoms with Crippen LogP contribution in [0.3, 0.4) is 0 Å². The van der Waals surface area contributed by atoms with Crippen LogP contribution in [0.15, 0.2) is 24.3 Å². The molecule has 1 aromatic rings. The minimum absolute atomic E-state index is 0. The van der Waals surface area contributed by atoms with Crippen molar-refractivity contribution in [2.24, 2.45) is 0 Å². The van der Waals surface area contributed by atoms with E-state index in [9.17, 15) is 8.42 Å². The van der Waals surface area contributed by atoms with Gasteiger partial charge in [0.1, 0.15) is 5.75 Å². The van der Waals surface area contributed by atoms with Crippen LogP contribution >= 0.6 is 0 Å². The monoisotopic (exact) mass is 269 g/mol. The van der Waals surface area contributed by atoms with Crippen molar-refractivity contribution in [2.45, 2.75) is 12.8 Å². The van der Waals surface area contributed by atoms with Gasteiger partial charge in [0.05, 0.1) is 18.0 Å². The number of rotatable bonds is 6. The first kappa shape index (κ1) is 16.7. The molecule has 1 rings (SSSR count). The van der Waals surface area contributed by atoms with Crippen molar-refractivity contribution in [1.29, 1.82) is 0 Å². The molecule has 0 atom stereocenters. The van der Waals surface area contributed by atoms with E-state index in [1.165, 1.54) is 0 Å². The van der Waals surface area contributed by atoms with Crippen molar-refractivity contribution in [3.05, 3.63) is 24.3 Å². The number of nitrogens with two attached hydrogens (primary N) is 1. The van der Waals surface area contributed by atoms with E-state index in [1.807, 2.05) is 6.07 Å². The van der Waals surface area contributed by atoms with E-state index >= 15 is 0 Å². The number of anilines is 1. The van der Waals surface area contributed by atoms with Gasteiger partial charge in [0.15, 0.2) is 0 Å². The molecule has 0 aliphatic heterocycles. The fraction of sp³-hybridized carbons (Fsp3) is 0.400. The second kappa shape index (κ2) is 7.94. The summed E-state index contributed by atoms with van der Waals surface area (Å²) < 4.78 is 34.7. The second-order valence-corrected chi connectivity index (χ2v) is 4.95. The van der Waals surface area contributed by atoms with Crippen molar-refractivity contribution in [3.63, 3.8) is 0 Å². The SMILES string of the molecule is Nc1ccccc1OCCCCS(=O)(=O)O.[NaH]. The van der Waals surface area contributed by atoms with Crippen LogP contribution in [-0.2, 0) is 10.1 Å². The van der Waals surface area contributed by atoms with Gasteiger partial charge in [-0.2, -0.15) is 8.42 Å². The summed E-state index contributed by atoms with van der Waals surface area (Å²) in [6.07, 6.45) is 0.916. The number of nitrogen functional groups attached to an aromatic ring is 1. The van der Waals surface area contributed by atoms with Crippen LogP contribution < -0.4 is 10.5 Å². The number of para-hydroxylation sites is 2. The molecule has 7 heteroatoms. The predicted molar refractivity (Wildman–Crippen MR) is 69.1 cm³/mol. The van der Waals surface area contributed by atoms with Crippen molar-refractivity contribution in [1.82, 2.24) is 0 Å². The van der Waals surface area contributed by atoms with Crippen LogP contribution in [-0.4, -0.2) is 54.9 Å². The summed E-state index contributed by atoms with van der Waals surface area (Å²) in [6.45, 7) is 0.379. The van der Waals surface area contributed by atoms with Crippen LogP contribution in [0.5, 0.6) is 5.75 Å². The summed E-state index contributed by atoms with van der Waals surface area (Å²) in [7, 11) is -3.86. The van der Waals surface area contributed by atoms with Gasteiger partial charge in [-0.05, 0) is 25.0 Å². The van der Waals surface area contributed by atoms with Gasteiger partial charge in [-0.1, -0.05) is 12.1 Å². The van der Waals surface area contributed by atoms with E-state index in [-0.39, 0.29) is 35.3 Å². The Hall–Kier alpha value is -0.270. The van der Waals surface area contributed by atoms with Crippen molar-refractivity contribution >= 4 is 45.4 Å². The Labute approximate surface area is 123 Å². The second-order valence-electron chi connectivity index (χ2n) is 3.38. The molecule has 0 saturated heterocycles. The third-order valence-corrected chi connectivity index (χ3v) is 2.78. The molecule has 0 bridgehead atoms. The molecule has 0 aromatic heterocycles. The zero-order chi connectivity index (χ0) is 12.0. The number of hydrogen-bond donors (Lipinski definition) is 2. The molecule has 5 nitrogen and oxygen atoms in total. The van der Waals surface area contributed by atoms with Gasteiger partial charge in [-0.3, -0.25) is 4.55 Å². The third-order valence-electron chi connectivity index (χ3n) is 1.97. The summed E-state index contributed by atoms with van der Waals surface area (Å²) in [6, 6.07) is 7.09. The Balaban J connectivity index is 0.00000256. The maximum atomic E-state index is 10.4. The Morgan fingerprint density at radius 3 is 2.47 bits per heavy atom. The summed E-state index contributed by atoms with van der Waals surface area (Å²) in [5, 5.41) is 0. The van der Waals surface area contributed by atoms with Crippen LogP contribution in [0.2, 0.25) is 0 Å². The van der Waals surface area contributed by atoms with Gasteiger partial charge in [0.25, 0.3) is 10.1 Å². The van der Waals surface area contributed by atoms with Crippen molar-refractivity contribution in [2.75, 3.05) is 18.1 Å². The number of hydrogen-bond acceptors (Lipinski definition) is 4. The molecule has 0 aliphatic carbocycles. The predicted octanol–water partition coefficient (Wildman–Crippen LogP) is 0.667. The van der Waals surface area contributed by atoms with Gasteiger partial charge in [0, 0.05) is 0 Å². The molecule has 0 aliphatic rings. The topological polar surface area (TPSA) is 89.6 Å². The Morgan fingerprint density at radius 1 is 1.24 bits per heavy atom. The first-order valence-corrected chi connectivity index (χ1v) is 6.52. The molecular weight excluding hydrogens is 253 g/mol. The zero-order valence-corrected chi connectivity index (χ0v) is 9.61. The molecule has 92 valence electrons. The quantitative estimate of drug-likeness (QED) is 0.343. The minimum atomic E-state index is -3.86. The van der Waals surface area contributed by atoms with E-state index in [1.54, 1.807) is 18.2 Å². The zero-order valence-electron chi connectivity index (χ0n) is 8.80. The molecular formula is C10H16NNaO4S. The molecule has 3 N–H and O–H groups in total. The summed E-state index contributed by atoms with van der Waals surface area (Å²) in [5.74, 6) is 0.357. The summed E-state index contributed by atoms with van der Waals surface area (Å²) in [5.41, 5.74) is 6.20. The normalized spacial score (nSPS) is 10.6. The maximum absolute atomic E-state index is 10.4. The van der Waals surface area contributed by atoms with Gasteiger partial charge in [-0.15, -0.1) is 0 Å². The van der Waals surface area contributed by atoms with Crippen molar-refractivity contribution in [3.8, 4) is 5.75 Å². The number of benzene rings is 1. The van der Waals surface area contributed by atoms with Gasteiger partial charge < -0.3 is 10.5 Å². The first-order chi connectivity index (χ1) is 7.49. The summed E-state index contributed by atoms with van der Waals surface area (Å²) in [4.78, 5) is 0. The van der Waals surface area contributed by atoms with Gasteiger partial charge >= 0.3 is 29.6 Å². The number of unbranched alkanes of at least 4 members (excludes halogenated alkanes) is 1. The van der Waals surface area contributed by atoms with Crippen LogP contribution in [0.1, 0.15) is 12.8 Å². The number of ether oxygens (including phenoxy) is 1. The molecule has 0 radical (unpaired) electrons. The van der Waals surface area contributed by atoms with Crippen LogP contribution in [0, 0.1) is 0 Å². The van der Waals surface area contributed by atoms with Crippen molar-refractivity contribution < 1.29 is 17.7 Å². The fourth-order valence-electron chi connectivity index (χ4n) is 1.18. The Kier molecular flexibility index (Phi) is 7.82. The van der Waals surface area contributed by atoms with E-state index in [4.69, 9.17) is 15.0 Å². The molecule has 0 fully saturated rings. The van der Waals surface area contributed by atoms with E-state index in [0.29, 0.717) is 30.9 Å². The first-order valence-electron chi connectivity index (χ1n) is 4.91. The standard InChI is InChI=1S/C10H15NO4S.Na.H/c11-9-5-1-2-6-10(9)15-7-3-4-8-16(12,13)14;;/h1-2,5-6H,3-4,7-8,11H2,(H,12,13,14);;.